The summed E-state index contributed by atoms with van der Waals surface area (Å²) in [5, 5.41) is 5.85. The van der Waals surface area contributed by atoms with Gasteiger partial charge in [-0.25, -0.2) is 0 Å². The highest BCUT2D eigenvalue weighted by Gasteiger charge is 2.12. The first-order valence-electron chi connectivity index (χ1n) is 5.49. The van der Waals surface area contributed by atoms with Crippen molar-refractivity contribution < 1.29 is 4.79 Å². The van der Waals surface area contributed by atoms with Crippen LogP contribution in [0.1, 0.15) is 6.92 Å². The highest BCUT2D eigenvalue weighted by molar-refractivity contribution is 7.99. The van der Waals surface area contributed by atoms with Crippen LogP contribution in [0.4, 0.5) is 0 Å². The summed E-state index contributed by atoms with van der Waals surface area (Å²) < 4.78 is 0. The Labute approximate surface area is 96.2 Å². The minimum atomic E-state index is -0.0955. The number of nitrogens with one attached hydrogen (secondary N) is 2. The topological polar surface area (TPSA) is 44.4 Å². The van der Waals surface area contributed by atoms with E-state index in [1.807, 2.05) is 18.7 Å². The third-order valence-electron chi connectivity index (χ3n) is 2.66. The lowest BCUT2D eigenvalue weighted by Gasteiger charge is -2.26. The first-order chi connectivity index (χ1) is 7.24. The van der Waals surface area contributed by atoms with Gasteiger partial charge < -0.3 is 10.6 Å². The molecule has 15 heavy (non-hydrogen) atoms. The first kappa shape index (κ1) is 12.8. The number of amides is 1. The second kappa shape index (κ2) is 7.09. The fourth-order valence-electron chi connectivity index (χ4n) is 1.45. The van der Waals surface area contributed by atoms with E-state index in [9.17, 15) is 4.79 Å². The van der Waals surface area contributed by atoms with Gasteiger partial charge in [-0.3, -0.25) is 9.69 Å². The number of carbonyl (C=O) groups excluding carboxylic acids is 1. The molecule has 1 aliphatic rings. The molecule has 1 aliphatic heterocycles. The third kappa shape index (κ3) is 4.86. The van der Waals surface area contributed by atoms with E-state index >= 15 is 0 Å². The van der Waals surface area contributed by atoms with Crippen LogP contribution >= 0.6 is 11.8 Å². The number of rotatable bonds is 5. The molecule has 1 rings (SSSR count). The molecule has 0 aromatic rings. The van der Waals surface area contributed by atoms with E-state index in [-0.39, 0.29) is 11.9 Å². The molecule has 1 saturated heterocycles. The monoisotopic (exact) mass is 231 g/mol. The maximum atomic E-state index is 11.4. The van der Waals surface area contributed by atoms with E-state index in [0.717, 1.165) is 26.2 Å². The van der Waals surface area contributed by atoms with E-state index in [1.165, 1.54) is 11.5 Å². The van der Waals surface area contributed by atoms with E-state index < -0.39 is 0 Å². The van der Waals surface area contributed by atoms with Crippen LogP contribution in [0, 0.1) is 0 Å². The molecule has 0 saturated carbocycles. The van der Waals surface area contributed by atoms with E-state index in [0.29, 0.717) is 0 Å². The fraction of sp³-hybridized carbons (Fsp3) is 0.900. The van der Waals surface area contributed by atoms with Crippen molar-refractivity contribution in [3.8, 4) is 0 Å². The van der Waals surface area contributed by atoms with Crippen LogP contribution in [0.3, 0.4) is 0 Å². The zero-order valence-corrected chi connectivity index (χ0v) is 10.4. The maximum absolute atomic E-state index is 11.4. The Kier molecular flexibility index (Phi) is 6.05. The van der Waals surface area contributed by atoms with Gasteiger partial charge in [-0.2, -0.15) is 11.8 Å². The van der Waals surface area contributed by atoms with Gasteiger partial charge in [0, 0.05) is 37.7 Å². The van der Waals surface area contributed by atoms with Gasteiger partial charge in [0.1, 0.15) is 0 Å². The molecule has 88 valence electrons. The van der Waals surface area contributed by atoms with Crippen molar-refractivity contribution in [2.45, 2.75) is 13.0 Å². The van der Waals surface area contributed by atoms with Crippen LogP contribution in [0.15, 0.2) is 0 Å². The highest BCUT2D eigenvalue weighted by Crippen LogP contribution is 2.07. The lowest BCUT2D eigenvalue weighted by atomic mass is 10.3. The third-order valence-corrected chi connectivity index (χ3v) is 3.60. The molecule has 4 nitrogen and oxygen atoms in total. The van der Waals surface area contributed by atoms with Crippen molar-refractivity contribution in [1.82, 2.24) is 15.5 Å². The van der Waals surface area contributed by atoms with Crippen LogP contribution in [0.5, 0.6) is 0 Å². The Morgan fingerprint density at radius 1 is 1.47 bits per heavy atom. The molecule has 0 radical (unpaired) electrons. The SMILES string of the molecule is CNC(C)C(=O)NCCN1CCSCC1. The van der Waals surface area contributed by atoms with Crippen molar-refractivity contribution in [2.75, 3.05) is 44.7 Å². The predicted octanol–water partition coefficient (Wildman–Crippen LogP) is -0.241. The summed E-state index contributed by atoms with van der Waals surface area (Å²) in [5.74, 6) is 2.53. The molecule has 1 amide bonds. The van der Waals surface area contributed by atoms with Gasteiger partial charge in [0.2, 0.25) is 5.91 Å². The van der Waals surface area contributed by atoms with E-state index in [4.69, 9.17) is 0 Å². The van der Waals surface area contributed by atoms with Gasteiger partial charge in [-0.15, -0.1) is 0 Å². The number of hydrogen-bond donors (Lipinski definition) is 2. The summed E-state index contributed by atoms with van der Waals surface area (Å²) in [7, 11) is 1.80. The Morgan fingerprint density at radius 2 is 2.13 bits per heavy atom. The van der Waals surface area contributed by atoms with Crippen LogP contribution in [-0.4, -0.2) is 61.6 Å². The average Bonchev–Trinajstić information content (AvgIpc) is 2.29. The Hall–Kier alpha value is -0.260. The highest BCUT2D eigenvalue weighted by atomic mass is 32.2. The van der Waals surface area contributed by atoms with Crippen molar-refractivity contribution in [3.63, 3.8) is 0 Å². The summed E-state index contributed by atoms with van der Waals surface area (Å²) in [6.07, 6.45) is 0. The molecule has 5 heteroatoms. The molecule has 1 fully saturated rings. The number of likely N-dealkylation sites (N-methyl/N-ethyl adjacent to an activating group) is 1. The maximum Gasteiger partial charge on any atom is 0.236 e. The second-order valence-electron chi connectivity index (χ2n) is 3.76. The van der Waals surface area contributed by atoms with Gasteiger partial charge in [-0.05, 0) is 14.0 Å². The summed E-state index contributed by atoms with van der Waals surface area (Å²) in [6, 6.07) is -0.0955. The Bertz CT molecular complexity index is 195. The van der Waals surface area contributed by atoms with Crippen LogP contribution < -0.4 is 10.6 Å². The molecule has 0 aliphatic carbocycles. The second-order valence-corrected chi connectivity index (χ2v) is 4.98. The Balaban J connectivity index is 2.07. The molecule has 2 N–H and O–H groups in total. The van der Waals surface area contributed by atoms with Gasteiger partial charge in [0.05, 0.1) is 6.04 Å². The molecule has 0 bridgehead atoms. The smallest absolute Gasteiger partial charge is 0.236 e. The number of carbonyl (C=O) groups is 1. The molecule has 0 aromatic heterocycles. The first-order valence-corrected chi connectivity index (χ1v) is 6.64. The standard InChI is InChI=1S/C10H21N3OS/c1-9(11-2)10(14)12-3-4-13-5-7-15-8-6-13/h9,11H,3-8H2,1-2H3,(H,12,14). The summed E-state index contributed by atoms with van der Waals surface area (Å²) in [6.45, 7) is 5.91. The normalized spacial score (nSPS) is 19.9. The average molecular weight is 231 g/mol. The molecule has 1 atom stereocenters. The number of thioether (sulfide) groups is 1. The Morgan fingerprint density at radius 3 is 2.73 bits per heavy atom. The van der Waals surface area contributed by atoms with Crippen molar-refractivity contribution in [1.29, 1.82) is 0 Å². The zero-order valence-electron chi connectivity index (χ0n) is 9.58. The van der Waals surface area contributed by atoms with Crippen molar-refractivity contribution in [2.24, 2.45) is 0 Å². The number of nitrogens with zero attached hydrogens (tertiary/aromatic N) is 1. The predicted molar refractivity (Wildman–Crippen MR) is 65.3 cm³/mol. The van der Waals surface area contributed by atoms with Crippen LogP contribution in [0.25, 0.3) is 0 Å². The van der Waals surface area contributed by atoms with Crippen molar-refractivity contribution in [3.05, 3.63) is 0 Å². The molecular weight excluding hydrogens is 210 g/mol. The van der Waals surface area contributed by atoms with Gasteiger partial charge in [0.15, 0.2) is 0 Å². The molecule has 0 spiro atoms. The molecule has 1 unspecified atom stereocenters. The van der Waals surface area contributed by atoms with Crippen LogP contribution in [0.2, 0.25) is 0 Å². The summed E-state index contributed by atoms with van der Waals surface area (Å²) in [4.78, 5) is 13.8. The minimum absolute atomic E-state index is 0.0869. The lowest BCUT2D eigenvalue weighted by Crippen LogP contribution is -2.44. The van der Waals surface area contributed by atoms with Crippen LogP contribution in [-0.2, 0) is 4.79 Å². The van der Waals surface area contributed by atoms with Gasteiger partial charge in [0.25, 0.3) is 0 Å². The molecule has 1 heterocycles. The van der Waals surface area contributed by atoms with E-state index in [2.05, 4.69) is 15.5 Å². The molecular formula is C10H21N3OS. The molecule has 0 aromatic carbocycles. The number of hydrogen-bond acceptors (Lipinski definition) is 4. The quantitative estimate of drug-likeness (QED) is 0.685. The lowest BCUT2D eigenvalue weighted by molar-refractivity contribution is -0.122. The van der Waals surface area contributed by atoms with E-state index in [1.54, 1.807) is 7.05 Å². The zero-order chi connectivity index (χ0) is 11.1. The summed E-state index contributed by atoms with van der Waals surface area (Å²) >= 11 is 2.01. The fourth-order valence-corrected chi connectivity index (χ4v) is 2.42. The van der Waals surface area contributed by atoms with Gasteiger partial charge >= 0.3 is 0 Å². The van der Waals surface area contributed by atoms with Crippen molar-refractivity contribution >= 4 is 17.7 Å². The minimum Gasteiger partial charge on any atom is -0.353 e. The summed E-state index contributed by atoms with van der Waals surface area (Å²) in [5.41, 5.74) is 0. The largest absolute Gasteiger partial charge is 0.353 e. The van der Waals surface area contributed by atoms with Gasteiger partial charge in [-0.1, -0.05) is 0 Å².